The summed E-state index contributed by atoms with van der Waals surface area (Å²) in [6.07, 6.45) is 12.4. The molecule has 0 aromatic carbocycles. The molecule has 0 bridgehead atoms. The van der Waals surface area contributed by atoms with E-state index in [1.54, 1.807) is 0 Å². The largest absolute Gasteiger partial charge is 0.375 e. The second-order valence-electron chi connectivity index (χ2n) is 11.2. The summed E-state index contributed by atoms with van der Waals surface area (Å²) in [7, 11) is 0. The van der Waals surface area contributed by atoms with Crippen molar-refractivity contribution in [2.75, 3.05) is 26.2 Å². The molecule has 0 N–H and O–H groups in total. The van der Waals surface area contributed by atoms with Crippen LogP contribution < -0.4 is 0 Å². The Labute approximate surface area is 189 Å². The van der Waals surface area contributed by atoms with Gasteiger partial charge in [-0.25, -0.2) is 4.98 Å². The van der Waals surface area contributed by atoms with Gasteiger partial charge in [0, 0.05) is 51.0 Å². The SMILES string of the molecule is CC(C)N1CCC(n2cnc(CN3CCC(OC4CC(OC(C)(C)C)C4)CC3)c2)CC1. The van der Waals surface area contributed by atoms with Crippen LogP contribution in [0.1, 0.15) is 84.9 Å². The Morgan fingerprint density at radius 1 is 0.968 bits per heavy atom. The molecule has 4 rings (SSSR count). The molecule has 6 nitrogen and oxygen atoms in total. The molecule has 1 aromatic rings. The van der Waals surface area contributed by atoms with E-state index in [1.807, 2.05) is 0 Å². The Kier molecular flexibility index (Phi) is 7.41. The molecule has 0 radical (unpaired) electrons. The molecule has 0 amide bonds. The summed E-state index contributed by atoms with van der Waals surface area (Å²) in [5.74, 6) is 0. The Bertz CT molecular complexity index is 676. The lowest BCUT2D eigenvalue weighted by molar-refractivity contribution is -0.167. The summed E-state index contributed by atoms with van der Waals surface area (Å²) in [6.45, 7) is 16.6. The number of ether oxygens (including phenoxy) is 2. The van der Waals surface area contributed by atoms with E-state index >= 15 is 0 Å². The summed E-state index contributed by atoms with van der Waals surface area (Å²) in [6, 6.07) is 1.28. The first-order valence-electron chi connectivity index (χ1n) is 12.6. The fourth-order valence-electron chi connectivity index (χ4n) is 5.29. The van der Waals surface area contributed by atoms with Crippen molar-refractivity contribution in [3.05, 3.63) is 18.2 Å². The average Bonchev–Trinajstić information content (AvgIpc) is 3.15. The molecule has 1 aromatic heterocycles. The maximum absolute atomic E-state index is 6.35. The molecular weight excluding hydrogens is 388 g/mol. The van der Waals surface area contributed by atoms with Gasteiger partial charge in [-0.15, -0.1) is 0 Å². The number of piperidine rings is 2. The fraction of sp³-hybridized carbons (Fsp3) is 0.880. The van der Waals surface area contributed by atoms with Gasteiger partial charge in [0.15, 0.2) is 0 Å². The summed E-state index contributed by atoms with van der Waals surface area (Å²) < 4.78 is 14.8. The van der Waals surface area contributed by atoms with Crippen LogP contribution in [0.15, 0.2) is 12.5 Å². The first-order valence-corrected chi connectivity index (χ1v) is 12.6. The molecule has 0 unspecified atom stereocenters. The molecule has 2 saturated heterocycles. The van der Waals surface area contributed by atoms with Crippen molar-refractivity contribution >= 4 is 0 Å². The zero-order valence-corrected chi connectivity index (χ0v) is 20.4. The Hall–Kier alpha value is -0.950. The number of likely N-dealkylation sites (tertiary alicyclic amines) is 2. The number of hydrogen-bond donors (Lipinski definition) is 0. The first-order chi connectivity index (χ1) is 14.7. The lowest BCUT2D eigenvalue weighted by Crippen LogP contribution is -2.45. The maximum atomic E-state index is 6.35. The predicted octanol–water partition coefficient (Wildman–Crippen LogP) is 4.26. The number of hydrogen-bond acceptors (Lipinski definition) is 5. The van der Waals surface area contributed by atoms with Gasteiger partial charge in [0.2, 0.25) is 0 Å². The van der Waals surface area contributed by atoms with Crippen LogP contribution in [0.25, 0.3) is 0 Å². The minimum Gasteiger partial charge on any atom is -0.375 e. The van der Waals surface area contributed by atoms with E-state index in [9.17, 15) is 0 Å². The van der Waals surface area contributed by atoms with Crippen molar-refractivity contribution in [2.45, 2.75) is 116 Å². The van der Waals surface area contributed by atoms with Crippen LogP contribution in [0.4, 0.5) is 0 Å². The van der Waals surface area contributed by atoms with Crippen LogP contribution in [-0.2, 0) is 16.0 Å². The van der Waals surface area contributed by atoms with Gasteiger partial charge in [-0.05, 0) is 73.1 Å². The fourth-order valence-corrected chi connectivity index (χ4v) is 5.29. The topological polar surface area (TPSA) is 42.8 Å². The second-order valence-corrected chi connectivity index (χ2v) is 11.2. The molecule has 3 fully saturated rings. The van der Waals surface area contributed by atoms with Crippen molar-refractivity contribution in [2.24, 2.45) is 0 Å². The van der Waals surface area contributed by atoms with Crippen LogP contribution in [-0.4, -0.2) is 75.5 Å². The summed E-state index contributed by atoms with van der Waals surface area (Å²) in [5, 5.41) is 0. The Morgan fingerprint density at radius 2 is 1.65 bits per heavy atom. The predicted molar refractivity (Wildman–Crippen MR) is 124 cm³/mol. The highest BCUT2D eigenvalue weighted by molar-refractivity contribution is 4.99. The van der Waals surface area contributed by atoms with Gasteiger partial charge in [-0.2, -0.15) is 0 Å². The molecular formula is C25H44N4O2. The van der Waals surface area contributed by atoms with E-state index in [2.05, 4.69) is 61.5 Å². The number of imidazole rings is 1. The number of rotatable bonds is 7. The molecule has 3 heterocycles. The smallest absolute Gasteiger partial charge is 0.0952 e. The van der Waals surface area contributed by atoms with Crippen molar-refractivity contribution in [1.82, 2.24) is 19.4 Å². The monoisotopic (exact) mass is 432 g/mol. The zero-order valence-electron chi connectivity index (χ0n) is 20.4. The molecule has 6 heteroatoms. The number of nitrogens with zero attached hydrogens (tertiary/aromatic N) is 4. The van der Waals surface area contributed by atoms with Gasteiger partial charge in [0.1, 0.15) is 0 Å². The number of aromatic nitrogens is 2. The van der Waals surface area contributed by atoms with Crippen LogP contribution >= 0.6 is 0 Å². The normalized spacial score (nSPS) is 27.7. The molecule has 0 spiro atoms. The molecule has 31 heavy (non-hydrogen) atoms. The van der Waals surface area contributed by atoms with E-state index < -0.39 is 0 Å². The van der Waals surface area contributed by atoms with Crippen LogP contribution in [0.3, 0.4) is 0 Å². The minimum absolute atomic E-state index is 0.0423. The van der Waals surface area contributed by atoms with E-state index in [1.165, 1.54) is 31.6 Å². The second kappa shape index (κ2) is 9.90. The van der Waals surface area contributed by atoms with E-state index in [0.717, 1.165) is 45.3 Å². The molecule has 2 aliphatic heterocycles. The molecule has 3 aliphatic rings. The van der Waals surface area contributed by atoms with E-state index in [0.29, 0.717) is 30.4 Å². The van der Waals surface area contributed by atoms with Gasteiger partial charge in [0.05, 0.1) is 35.9 Å². The standard InChI is InChI=1S/C25H44N4O2/c1-19(2)28-12-6-21(7-13-28)29-17-20(26-18-29)16-27-10-8-22(9-11-27)30-23-14-24(15-23)31-25(3,4)5/h17-19,21-24H,6-16H2,1-5H3. The van der Waals surface area contributed by atoms with Gasteiger partial charge in [-0.3, -0.25) is 4.90 Å². The average molecular weight is 433 g/mol. The summed E-state index contributed by atoms with van der Waals surface area (Å²) in [4.78, 5) is 9.86. The van der Waals surface area contributed by atoms with Crippen molar-refractivity contribution in [3.63, 3.8) is 0 Å². The van der Waals surface area contributed by atoms with Crippen LogP contribution in [0.5, 0.6) is 0 Å². The highest BCUT2D eigenvalue weighted by Gasteiger charge is 2.35. The van der Waals surface area contributed by atoms with Gasteiger partial charge in [0.25, 0.3) is 0 Å². The van der Waals surface area contributed by atoms with Crippen molar-refractivity contribution < 1.29 is 9.47 Å². The molecule has 176 valence electrons. The third kappa shape index (κ3) is 6.53. The van der Waals surface area contributed by atoms with Gasteiger partial charge < -0.3 is 18.9 Å². The minimum atomic E-state index is -0.0423. The molecule has 1 aliphatic carbocycles. The van der Waals surface area contributed by atoms with E-state index in [-0.39, 0.29) is 5.60 Å². The highest BCUT2D eigenvalue weighted by atomic mass is 16.5. The Balaban J connectivity index is 1.14. The van der Waals surface area contributed by atoms with Crippen LogP contribution in [0.2, 0.25) is 0 Å². The van der Waals surface area contributed by atoms with Crippen LogP contribution in [0, 0.1) is 0 Å². The quantitative estimate of drug-likeness (QED) is 0.644. The zero-order chi connectivity index (χ0) is 22.0. The Morgan fingerprint density at radius 3 is 2.26 bits per heavy atom. The summed E-state index contributed by atoms with van der Waals surface area (Å²) in [5.41, 5.74) is 1.17. The summed E-state index contributed by atoms with van der Waals surface area (Å²) >= 11 is 0. The van der Waals surface area contributed by atoms with Gasteiger partial charge in [-0.1, -0.05) is 0 Å². The third-order valence-electron chi connectivity index (χ3n) is 7.18. The van der Waals surface area contributed by atoms with Crippen molar-refractivity contribution in [3.8, 4) is 0 Å². The maximum Gasteiger partial charge on any atom is 0.0952 e. The third-order valence-corrected chi connectivity index (χ3v) is 7.18. The lowest BCUT2D eigenvalue weighted by Gasteiger charge is -2.42. The molecule has 1 saturated carbocycles. The lowest BCUT2D eigenvalue weighted by atomic mass is 9.90. The first kappa shape index (κ1) is 23.2. The van der Waals surface area contributed by atoms with Crippen molar-refractivity contribution in [1.29, 1.82) is 0 Å². The van der Waals surface area contributed by atoms with E-state index in [4.69, 9.17) is 14.5 Å². The molecule has 0 atom stereocenters. The highest BCUT2D eigenvalue weighted by Crippen LogP contribution is 2.32. The van der Waals surface area contributed by atoms with Gasteiger partial charge >= 0.3 is 0 Å².